The molecule has 0 aliphatic heterocycles. The molecule has 0 aromatic heterocycles. The van der Waals surface area contributed by atoms with Gasteiger partial charge in [-0.2, -0.15) is 0 Å². The molecule has 4 heteroatoms. The van der Waals surface area contributed by atoms with Crippen molar-refractivity contribution in [1.29, 1.82) is 0 Å². The van der Waals surface area contributed by atoms with Crippen molar-refractivity contribution >= 4 is 16.6 Å². The molecule has 0 saturated heterocycles. The summed E-state index contributed by atoms with van der Waals surface area (Å²) in [6.07, 6.45) is 0. The van der Waals surface area contributed by atoms with Gasteiger partial charge in [0.2, 0.25) is 0 Å². The molecule has 0 radical (unpaired) electrons. The lowest BCUT2D eigenvalue weighted by atomic mass is 10.9. The van der Waals surface area contributed by atoms with Crippen LogP contribution in [-0.4, -0.2) is 29.8 Å². The Labute approximate surface area is 110 Å². The second-order valence-electron chi connectivity index (χ2n) is 4.82. The summed E-state index contributed by atoms with van der Waals surface area (Å²) in [4.78, 5) is 0. The van der Waals surface area contributed by atoms with Crippen LogP contribution in [0.3, 0.4) is 0 Å². The van der Waals surface area contributed by atoms with Gasteiger partial charge in [-0.15, -0.1) is 0 Å². The maximum Gasteiger partial charge on any atom is 0.191 e. The van der Waals surface area contributed by atoms with Crippen molar-refractivity contribution < 1.29 is 8.85 Å². The van der Waals surface area contributed by atoms with Crippen LogP contribution in [0.4, 0.5) is 0 Å². The maximum atomic E-state index is 6.23. The molecule has 0 N–H and O–H groups in total. The van der Waals surface area contributed by atoms with E-state index < -0.39 is 16.6 Å². The first kappa shape index (κ1) is 17.4. The Bertz CT molecular complexity index is 170. The van der Waals surface area contributed by atoms with E-state index in [4.69, 9.17) is 8.85 Å². The molecule has 0 fully saturated rings. The van der Waals surface area contributed by atoms with E-state index in [1.807, 2.05) is 0 Å². The van der Waals surface area contributed by atoms with Crippen LogP contribution >= 0.6 is 0 Å². The molecular weight excluding hydrogens is 244 g/mol. The molecule has 0 amide bonds. The second-order valence-corrected chi connectivity index (χ2v) is 14.4. The molecule has 0 aromatic carbocycles. The highest BCUT2D eigenvalue weighted by Crippen LogP contribution is 2.33. The molecule has 0 unspecified atom stereocenters. The topological polar surface area (TPSA) is 18.5 Å². The lowest BCUT2D eigenvalue weighted by Crippen LogP contribution is -2.50. The van der Waals surface area contributed by atoms with Crippen molar-refractivity contribution in [2.75, 3.05) is 13.2 Å². The summed E-state index contributed by atoms with van der Waals surface area (Å²) in [5, 5.41) is 0. The molecule has 2 nitrogen and oxygen atoms in total. The molecule has 0 atom stereocenters. The van der Waals surface area contributed by atoms with Crippen LogP contribution in [0.1, 0.15) is 41.5 Å². The summed E-state index contributed by atoms with van der Waals surface area (Å²) >= 11 is 0. The smallest absolute Gasteiger partial charge is 0.191 e. The van der Waals surface area contributed by atoms with E-state index in [0.29, 0.717) is 0 Å². The van der Waals surface area contributed by atoms with E-state index in [1.54, 1.807) is 0 Å². The van der Waals surface area contributed by atoms with Crippen LogP contribution in [0.5, 0.6) is 0 Å². The van der Waals surface area contributed by atoms with Gasteiger partial charge in [0.1, 0.15) is 0 Å². The molecule has 104 valence electrons. The van der Waals surface area contributed by atoms with Crippen LogP contribution in [-0.2, 0) is 8.85 Å². The van der Waals surface area contributed by atoms with Crippen molar-refractivity contribution in [2.45, 2.75) is 71.4 Å². The molecule has 0 aliphatic rings. The van der Waals surface area contributed by atoms with Gasteiger partial charge in [0, 0.05) is 13.2 Å². The molecule has 0 rings (SSSR count). The van der Waals surface area contributed by atoms with Gasteiger partial charge in [0.15, 0.2) is 16.6 Å². The lowest BCUT2D eigenvalue weighted by molar-refractivity contribution is 0.305. The molecule has 0 aliphatic carbocycles. The van der Waals surface area contributed by atoms with Gasteiger partial charge in [-0.3, -0.25) is 0 Å². The van der Waals surface area contributed by atoms with E-state index >= 15 is 0 Å². The monoisotopic (exact) mass is 276 g/mol. The Kier molecular flexibility index (Phi) is 8.63. The fraction of sp³-hybridized carbons (Fsp3) is 1.00. The summed E-state index contributed by atoms with van der Waals surface area (Å²) in [6, 6.07) is 4.94. The first-order valence-corrected chi connectivity index (χ1v) is 12.4. The first-order valence-electron chi connectivity index (χ1n) is 7.35. The van der Waals surface area contributed by atoms with Crippen LogP contribution in [0.2, 0.25) is 29.8 Å². The van der Waals surface area contributed by atoms with Gasteiger partial charge in [-0.25, -0.2) is 0 Å². The van der Waals surface area contributed by atoms with E-state index in [2.05, 4.69) is 41.5 Å². The number of hydrogen-bond donors (Lipinski definition) is 0. The average Bonchev–Trinajstić information content (AvgIpc) is 2.37. The Balaban J connectivity index is 4.89. The maximum absolute atomic E-state index is 6.23. The summed E-state index contributed by atoms with van der Waals surface area (Å²) in [7, 11) is -3.04. The van der Waals surface area contributed by atoms with Gasteiger partial charge in [-0.05, 0) is 43.7 Å². The van der Waals surface area contributed by atoms with E-state index in [1.165, 1.54) is 29.8 Å². The Morgan fingerprint density at radius 3 is 1.06 bits per heavy atom. The van der Waals surface area contributed by atoms with Crippen LogP contribution in [0.25, 0.3) is 0 Å². The highest BCUT2D eigenvalue weighted by molar-refractivity contribution is 6.91. The largest absolute Gasteiger partial charge is 0.417 e. The fourth-order valence-electron chi connectivity index (χ4n) is 2.71. The SMILES string of the molecule is CCO[Si](CC)(CC)C[Si](CC)(CC)OCC. The van der Waals surface area contributed by atoms with Gasteiger partial charge in [0.25, 0.3) is 0 Å². The molecule has 17 heavy (non-hydrogen) atoms. The highest BCUT2D eigenvalue weighted by Gasteiger charge is 2.43. The third-order valence-electron chi connectivity index (χ3n) is 4.12. The molecular formula is C13H32O2Si2. The highest BCUT2D eigenvalue weighted by atomic mass is 28.4. The van der Waals surface area contributed by atoms with Crippen molar-refractivity contribution in [3.63, 3.8) is 0 Å². The third kappa shape index (κ3) is 4.85. The molecule has 0 spiro atoms. The lowest BCUT2D eigenvalue weighted by Gasteiger charge is -2.38. The van der Waals surface area contributed by atoms with E-state index in [9.17, 15) is 0 Å². The number of hydrogen-bond acceptors (Lipinski definition) is 2. The van der Waals surface area contributed by atoms with Crippen molar-refractivity contribution in [2.24, 2.45) is 0 Å². The van der Waals surface area contributed by atoms with Gasteiger partial charge < -0.3 is 8.85 Å². The van der Waals surface area contributed by atoms with Gasteiger partial charge in [-0.1, -0.05) is 27.7 Å². The summed E-state index contributed by atoms with van der Waals surface area (Å²) in [5.41, 5.74) is 1.29. The van der Waals surface area contributed by atoms with E-state index in [-0.39, 0.29) is 0 Å². The Morgan fingerprint density at radius 1 is 0.588 bits per heavy atom. The quantitative estimate of drug-likeness (QED) is 0.544. The minimum absolute atomic E-state index is 0.873. The second kappa shape index (κ2) is 8.45. The van der Waals surface area contributed by atoms with Crippen molar-refractivity contribution in [1.82, 2.24) is 0 Å². The predicted octanol–water partition coefficient (Wildman–Crippen LogP) is 4.57. The van der Waals surface area contributed by atoms with Gasteiger partial charge in [0.05, 0.1) is 0 Å². The molecule has 0 aromatic rings. The van der Waals surface area contributed by atoms with E-state index in [0.717, 1.165) is 13.2 Å². The minimum Gasteiger partial charge on any atom is -0.417 e. The fourth-order valence-corrected chi connectivity index (χ4v) is 15.3. The van der Waals surface area contributed by atoms with Crippen LogP contribution in [0.15, 0.2) is 0 Å². The summed E-state index contributed by atoms with van der Waals surface area (Å²) in [6.45, 7) is 15.2. The normalized spacial score (nSPS) is 13.1. The van der Waals surface area contributed by atoms with Crippen LogP contribution in [0, 0.1) is 0 Å². The van der Waals surface area contributed by atoms with Crippen molar-refractivity contribution in [3.8, 4) is 0 Å². The Morgan fingerprint density at radius 2 is 0.882 bits per heavy atom. The summed E-state index contributed by atoms with van der Waals surface area (Å²) < 4.78 is 12.5. The zero-order valence-corrected chi connectivity index (χ0v) is 14.8. The summed E-state index contributed by atoms with van der Waals surface area (Å²) in [5.74, 6) is 0. The van der Waals surface area contributed by atoms with Gasteiger partial charge >= 0.3 is 0 Å². The zero-order chi connectivity index (χ0) is 13.4. The van der Waals surface area contributed by atoms with Crippen LogP contribution < -0.4 is 0 Å². The molecule has 0 heterocycles. The Hall–Kier alpha value is 0.354. The minimum atomic E-state index is -1.52. The number of rotatable bonds is 10. The first-order chi connectivity index (χ1) is 8.07. The van der Waals surface area contributed by atoms with Crippen molar-refractivity contribution in [3.05, 3.63) is 0 Å². The standard InChI is InChI=1S/C13H32O2Si2/c1-7-14-16(9-3,10-4)13-17(11-5,12-6)15-8-2/h7-13H2,1-6H3. The molecule has 0 bridgehead atoms. The average molecular weight is 277 g/mol. The third-order valence-corrected chi connectivity index (χ3v) is 16.2. The zero-order valence-electron chi connectivity index (χ0n) is 12.8. The predicted molar refractivity (Wildman–Crippen MR) is 81.5 cm³/mol. The molecule has 0 saturated carbocycles.